The summed E-state index contributed by atoms with van der Waals surface area (Å²) < 4.78 is 64.9. The summed E-state index contributed by atoms with van der Waals surface area (Å²) in [5.74, 6) is -4.15. The van der Waals surface area contributed by atoms with Crippen LogP contribution in [-0.2, 0) is 0 Å². The lowest BCUT2D eigenvalue weighted by Crippen LogP contribution is -2.14. The van der Waals surface area contributed by atoms with Crippen molar-refractivity contribution in [1.29, 1.82) is 0 Å². The zero-order chi connectivity index (χ0) is 25.2. The topological polar surface area (TPSA) is 9.23 Å². The number of hydrogen-bond donors (Lipinski definition) is 0. The van der Waals surface area contributed by atoms with Crippen LogP contribution in [-0.4, -0.2) is 6.61 Å². The predicted octanol–water partition coefficient (Wildman–Crippen LogP) is 9.89. The van der Waals surface area contributed by atoms with E-state index < -0.39 is 23.3 Å². The summed E-state index contributed by atoms with van der Waals surface area (Å²) in [6, 6.07) is 5.46. The van der Waals surface area contributed by atoms with Crippen molar-refractivity contribution in [2.24, 2.45) is 5.92 Å². The van der Waals surface area contributed by atoms with Crippen molar-refractivity contribution in [1.82, 2.24) is 0 Å². The SMILES string of the molecule is CC/C=C\CC1CCC(c2ccc(-c3ccc(OCCCCCCC)c(F)c3F)c(F)c2F)CC1. The highest BCUT2D eigenvalue weighted by Gasteiger charge is 2.27. The number of ether oxygens (including phenoxy) is 1. The third-order valence-electron chi connectivity index (χ3n) is 7.11. The lowest BCUT2D eigenvalue weighted by atomic mass is 9.77. The molecule has 1 aliphatic carbocycles. The van der Waals surface area contributed by atoms with Crippen LogP contribution in [0, 0.1) is 29.2 Å². The Morgan fingerprint density at radius 3 is 2.09 bits per heavy atom. The molecule has 0 amide bonds. The van der Waals surface area contributed by atoms with E-state index in [0.29, 0.717) is 11.5 Å². The van der Waals surface area contributed by atoms with E-state index in [0.717, 1.165) is 70.6 Å². The van der Waals surface area contributed by atoms with Gasteiger partial charge in [0.1, 0.15) is 0 Å². The standard InChI is InChI=1S/C30H38F4O/c1-3-5-7-8-10-20-35-26-19-18-25(29(33)30(26)34)24-17-16-23(27(31)28(24)32)22-14-12-21(13-15-22)11-9-6-4-2/h6,9,16-19,21-22H,3-5,7-8,10-15,20H2,1-2H3/b9-6-. The Labute approximate surface area is 207 Å². The second kappa shape index (κ2) is 13.7. The molecular weight excluding hydrogens is 452 g/mol. The minimum absolute atomic E-state index is 0.0559. The lowest BCUT2D eigenvalue weighted by molar-refractivity contribution is 0.285. The number of allylic oxidation sites excluding steroid dienone is 2. The van der Waals surface area contributed by atoms with Gasteiger partial charge >= 0.3 is 0 Å². The van der Waals surface area contributed by atoms with E-state index >= 15 is 8.78 Å². The van der Waals surface area contributed by atoms with Crippen LogP contribution in [0.25, 0.3) is 11.1 Å². The molecule has 0 unspecified atom stereocenters. The van der Waals surface area contributed by atoms with Crippen molar-refractivity contribution < 1.29 is 22.3 Å². The van der Waals surface area contributed by atoms with Gasteiger partial charge in [-0.25, -0.2) is 13.2 Å². The fourth-order valence-corrected chi connectivity index (χ4v) is 4.99. The fraction of sp³-hybridized carbons (Fsp3) is 0.533. The molecule has 192 valence electrons. The highest BCUT2D eigenvalue weighted by Crippen LogP contribution is 2.40. The Bertz CT molecular complexity index is 977. The van der Waals surface area contributed by atoms with Crippen molar-refractivity contribution in [2.75, 3.05) is 6.61 Å². The van der Waals surface area contributed by atoms with Gasteiger partial charge in [-0.3, -0.25) is 0 Å². The van der Waals surface area contributed by atoms with Crippen LogP contribution in [0.3, 0.4) is 0 Å². The summed E-state index contributed by atoms with van der Waals surface area (Å²) in [6.45, 7) is 4.51. The minimum Gasteiger partial charge on any atom is -0.490 e. The molecule has 0 aliphatic heterocycles. The Balaban J connectivity index is 1.68. The van der Waals surface area contributed by atoms with E-state index in [1.165, 1.54) is 24.3 Å². The first-order valence-electron chi connectivity index (χ1n) is 13.2. The molecule has 0 spiro atoms. The molecule has 1 aliphatic rings. The average Bonchev–Trinajstić information content (AvgIpc) is 2.86. The molecule has 3 rings (SSSR count). The monoisotopic (exact) mass is 490 g/mol. The first kappa shape index (κ1) is 27.3. The minimum atomic E-state index is -1.22. The summed E-state index contributed by atoms with van der Waals surface area (Å²) in [5, 5.41) is 0. The highest BCUT2D eigenvalue weighted by molar-refractivity contribution is 5.66. The van der Waals surface area contributed by atoms with E-state index in [-0.39, 0.29) is 29.4 Å². The number of rotatable bonds is 12. The maximum Gasteiger partial charge on any atom is 0.201 e. The Morgan fingerprint density at radius 1 is 0.743 bits per heavy atom. The van der Waals surface area contributed by atoms with Gasteiger partial charge in [-0.2, -0.15) is 4.39 Å². The number of benzene rings is 2. The van der Waals surface area contributed by atoms with E-state index in [9.17, 15) is 8.78 Å². The summed E-state index contributed by atoms with van der Waals surface area (Å²) >= 11 is 0. The van der Waals surface area contributed by atoms with Crippen LogP contribution >= 0.6 is 0 Å². The maximum absolute atomic E-state index is 15.1. The van der Waals surface area contributed by atoms with Crippen molar-refractivity contribution >= 4 is 0 Å². The van der Waals surface area contributed by atoms with Crippen LogP contribution < -0.4 is 4.74 Å². The quantitative estimate of drug-likeness (QED) is 0.163. The van der Waals surface area contributed by atoms with Crippen LogP contribution in [0.4, 0.5) is 17.6 Å². The van der Waals surface area contributed by atoms with E-state index in [1.807, 2.05) is 0 Å². The molecule has 0 bridgehead atoms. The molecule has 0 N–H and O–H groups in total. The van der Waals surface area contributed by atoms with Crippen molar-refractivity contribution in [3.05, 3.63) is 65.2 Å². The summed E-state index contributed by atoms with van der Waals surface area (Å²) in [7, 11) is 0. The van der Waals surface area contributed by atoms with Crippen molar-refractivity contribution in [3.63, 3.8) is 0 Å². The normalized spacial score (nSPS) is 18.3. The van der Waals surface area contributed by atoms with Gasteiger partial charge in [0.15, 0.2) is 23.2 Å². The summed E-state index contributed by atoms with van der Waals surface area (Å²) in [5.41, 5.74) is -0.239. The molecule has 0 radical (unpaired) electrons. The van der Waals surface area contributed by atoms with Gasteiger partial charge < -0.3 is 4.74 Å². The van der Waals surface area contributed by atoms with Gasteiger partial charge in [0.25, 0.3) is 0 Å². The van der Waals surface area contributed by atoms with Gasteiger partial charge in [-0.15, -0.1) is 0 Å². The molecule has 5 heteroatoms. The Kier molecular flexibility index (Phi) is 10.7. The Morgan fingerprint density at radius 2 is 1.40 bits per heavy atom. The van der Waals surface area contributed by atoms with Crippen molar-refractivity contribution in [2.45, 2.75) is 90.4 Å². The van der Waals surface area contributed by atoms with Crippen LogP contribution in [0.2, 0.25) is 0 Å². The molecule has 1 saturated carbocycles. The second-order valence-corrected chi connectivity index (χ2v) is 9.67. The lowest BCUT2D eigenvalue weighted by Gasteiger charge is -2.28. The maximum atomic E-state index is 15.1. The number of unbranched alkanes of at least 4 members (excludes halogenated alkanes) is 4. The number of hydrogen-bond acceptors (Lipinski definition) is 1. The van der Waals surface area contributed by atoms with Gasteiger partial charge in [0, 0.05) is 11.1 Å². The molecule has 35 heavy (non-hydrogen) atoms. The average molecular weight is 491 g/mol. The van der Waals surface area contributed by atoms with Gasteiger partial charge in [0.2, 0.25) is 5.82 Å². The molecule has 1 nitrogen and oxygen atoms in total. The van der Waals surface area contributed by atoms with Gasteiger partial charge in [0.05, 0.1) is 6.61 Å². The van der Waals surface area contributed by atoms with E-state index in [2.05, 4.69) is 26.0 Å². The zero-order valence-electron chi connectivity index (χ0n) is 21.0. The molecular formula is C30H38F4O. The van der Waals surface area contributed by atoms with Crippen LogP contribution in [0.5, 0.6) is 5.75 Å². The highest BCUT2D eigenvalue weighted by atomic mass is 19.2. The zero-order valence-corrected chi connectivity index (χ0v) is 21.0. The molecule has 1 fully saturated rings. The van der Waals surface area contributed by atoms with Crippen LogP contribution in [0.1, 0.15) is 96.0 Å². The first-order chi connectivity index (χ1) is 17.0. The largest absolute Gasteiger partial charge is 0.490 e. The third-order valence-corrected chi connectivity index (χ3v) is 7.11. The second-order valence-electron chi connectivity index (χ2n) is 9.67. The molecule has 2 aromatic carbocycles. The van der Waals surface area contributed by atoms with Gasteiger partial charge in [-0.1, -0.05) is 63.8 Å². The smallest absolute Gasteiger partial charge is 0.201 e. The molecule has 0 heterocycles. The van der Waals surface area contributed by atoms with E-state index in [4.69, 9.17) is 4.74 Å². The third kappa shape index (κ3) is 7.11. The summed E-state index contributed by atoms with van der Waals surface area (Å²) in [6.07, 6.45) is 15.0. The van der Waals surface area contributed by atoms with Gasteiger partial charge in [-0.05, 0) is 74.5 Å². The molecule has 0 atom stereocenters. The predicted molar refractivity (Wildman–Crippen MR) is 135 cm³/mol. The van der Waals surface area contributed by atoms with Crippen molar-refractivity contribution in [3.8, 4) is 16.9 Å². The van der Waals surface area contributed by atoms with E-state index in [1.54, 1.807) is 0 Å². The fourth-order valence-electron chi connectivity index (χ4n) is 4.99. The summed E-state index contributed by atoms with van der Waals surface area (Å²) in [4.78, 5) is 0. The Hall–Kier alpha value is -2.30. The molecule has 2 aromatic rings. The van der Waals surface area contributed by atoms with Crippen LogP contribution in [0.15, 0.2) is 36.4 Å². The first-order valence-corrected chi connectivity index (χ1v) is 13.2. The molecule has 0 saturated heterocycles. The number of halogens is 4. The molecule has 0 aromatic heterocycles.